The molecule has 0 radical (unpaired) electrons. The molecule has 0 fully saturated rings. The maximum Gasteiger partial charge on any atom is 0.217 e. The van der Waals surface area contributed by atoms with Gasteiger partial charge in [-0.25, -0.2) is 22.0 Å². The highest BCUT2D eigenvalue weighted by molar-refractivity contribution is 7.95. The van der Waals surface area contributed by atoms with Crippen LogP contribution in [0.1, 0.15) is 16.8 Å². The molecule has 2 aromatic carbocycles. The number of fused-ring (bicyclic) bond motifs is 1. The minimum Gasteiger partial charge on any atom is -0.281 e. The molecule has 0 bridgehead atoms. The number of nitrogens with zero attached hydrogens (tertiary/aromatic N) is 1. The third-order valence-electron chi connectivity index (χ3n) is 5.79. The van der Waals surface area contributed by atoms with Crippen LogP contribution in [0.4, 0.5) is 0 Å². The van der Waals surface area contributed by atoms with Gasteiger partial charge >= 0.3 is 0 Å². The second-order valence-electron chi connectivity index (χ2n) is 7.88. The van der Waals surface area contributed by atoms with Gasteiger partial charge in [-0.05, 0) is 48.2 Å². The molecule has 7 nitrogen and oxygen atoms in total. The van der Waals surface area contributed by atoms with Gasteiger partial charge in [-0.15, -0.1) is 0 Å². The highest BCUT2D eigenvalue weighted by atomic mass is 35.5. The van der Waals surface area contributed by atoms with Gasteiger partial charge in [-0.1, -0.05) is 54.1 Å². The average Bonchev–Trinajstić information content (AvgIpc) is 3.14. The van der Waals surface area contributed by atoms with E-state index in [2.05, 4.69) is 10.2 Å². The van der Waals surface area contributed by atoms with E-state index < -0.39 is 29.9 Å². The van der Waals surface area contributed by atoms with Crippen LogP contribution in [-0.2, 0) is 37.4 Å². The molecule has 10 heteroatoms. The predicted molar refractivity (Wildman–Crippen MR) is 127 cm³/mol. The second-order valence-corrected chi connectivity index (χ2v) is 12.2. The highest BCUT2D eigenvalue weighted by Crippen LogP contribution is 2.42. The number of hydrogen-bond donors (Lipinski definition) is 2. The Balaban J connectivity index is 1.81. The van der Waals surface area contributed by atoms with Crippen molar-refractivity contribution < 1.29 is 16.8 Å². The molecular formula is C22H22ClN3O4S2. The number of nitrogens with one attached hydrogen (secondary N) is 1. The maximum absolute atomic E-state index is 13.0. The van der Waals surface area contributed by atoms with E-state index in [9.17, 15) is 16.8 Å². The predicted octanol–water partition coefficient (Wildman–Crippen LogP) is 3.02. The molecule has 1 aliphatic rings. The number of benzene rings is 2. The number of allylic oxidation sites excluding steroid dienone is 2. The summed E-state index contributed by atoms with van der Waals surface area (Å²) < 4.78 is 49.0. The van der Waals surface area contributed by atoms with Gasteiger partial charge in [-0.3, -0.25) is 5.10 Å². The molecule has 3 N–H and O–H groups in total. The van der Waals surface area contributed by atoms with Crippen molar-refractivity contribution in [2.75, 3.05) is 6.26 Å². The first-order chi connectivity index (χ1) is 15.0. The number of hydrogen-bond acceptors (Lipinski definition) is 5. The molecule has 4 rings (SSSR count). The third kappa shape index (κ3) is 4.01. The van der Waals surface area contributed by atoms with Crippen molar-refractivity contribution in [2.45, 2.75) is 22.8 Å². The summed E-state index contributed by atoms with van der Waals surface area (Å²) >= 11 is 5.95. The summed E-state index contributed by atoms with van der Waals surface area (Å²) in [5.74, 6) is 0. The number of sulfone groups is 1. The van der Waals surface area contributed by atoms with Crippen LogP contribution in [0.25, 0.3) is 10.9 Å². The number of aryl methyl sites for hydroxylation is 2. The summed E-state index contributed by atoms with van der Waals surface area (Å²) in [7, 11) is -8.15. The van der Waals surface area contributed by atoms with Gasteiger partial charge in [-0.2, -0.15) is 5.10 Å². The molecule has 0 saturated heterocycles. The zero-order chi connectivity index (χ0) is 23.1. The van der Waals surface area contributed by atoms with E-state index in [-0.39, 0.29) is 0 Å². The lowest BCUT2D eigenvalue weighted by atomic mass is 9.89. The smallest absolute Gasteiger partial charge is 0.217 e. The lowest BCUT2D eigenvalue weighted by molar-refractivity contribution is 0.545. The SMILES string of the molecule is CS(=O)(=O)C1(c2ccc3n[nH]c(CCc4ccc(Cl)cc4)c3c2)C=CC=CC1S(N)(=O)=O. The summed E-state index contributed by atoms with van der Waals surface area (Å²) in [6, 6.07) is 12.5. The Kier molecular flexibility index (Phi) is 5.79. The Morgan fingerprint density at radius 3 is 2.44 bits per heavy atom. The average molecular weight is 492 g/mol. The van der Waals surface area contributed by atoms with Crippen molar-refractivity contribution in [3.8, 4) is 0 Å². The standard InChI is InChI=1S/C22H22ClN3O4S2/c1-31(27,28)22(13-3-2-4-21(22)32(24,29)30)16-8-12-20-18(14-16)19(25-26-20)11-7-15-5-9-17(23)10-6-15/h2-6,8-10,12-14,21H,7,11H2,1H3,(H,25,26)(H2,24,29,30). The van der Waals surface area contributed by atoms with E-state index >= 15 is 0 Å². The van der Waals surface area contributed by atoms with Crippen LogP contribution in [0, 0.1) is 0 Å². The molecule has 1 aromatic heterocycles. The molecule has 32 heavy (non-hydrogen) atoms. The lowest BCUT2D eigenvalue weighted by Crippen LogP contribution is -2.50. The second kappa shape index (κ2) is 8.15. The fourth-order valence-corrected chi connectivity index (χ4v) is 7.63. The van der Waals surface area contributed by atoms with Gasteiger partial charge in [0.05, 0.1) is 5.52 Å². The van der Waals surface area contributed by atoms with Crippen molar-refractivity contribution in [3.63, 3.8) is 0 Å². The number of rotatable bonds is 6. The third-order valence-corrected chi connectivity index (χ3v) is 9.28. The largest absolute Gasteiger partial charge is 0.281 e. The van der Waals surface area contributed by atoms with Gasteiger partial charge in [0, 0.05) is 22.4 Å². The lowest BCUT2D eigenvalue weighted by Gasteiger charge is -2.36. The van der Waals surface area contributed by atoms with Crippen molar-refractivity contribution in [1.29, 1.82) is 0 Å². The van der Waals surface area contributed by atoms with Crippen LogP contribution in [0.5, 0.6) is 0 Å². The normalized spacial score (nSPS) is 21.3. The minimum atomic E-state index is -4.22. The number of sulfonamides is 1. The molecule has 168 valence electrons. The first-order valence-electron chi connectivity index (χ1n) is 9.81. The topological polar surface area (TPSA) is 123 Å². The zero-order valence-electron chi connectivity index (χ0n) is 17.2. The van der Waals surface area contributed by atoms with Crippen LogP contribution in [0.15, 0.2) is 66.8 Å². The molecule has 2 unspecified atom stereocenters. The minimum absolute atomic E-state index is 0.321. The van der Waals surface area contributed by atoms with Crippen molar-refractivity contribution in [2.24, 2.45) is 5.14 Å². The van der Waals surface area contributed by atoms with Crippen molar-refractivity contribution in [1.82, 2.24) is 10.2 Å². The Bertz CT molecular complexity index is 1440. The van der Waals surface area contributed by atoms with E-state index in [4.69, 9.17) is 16.7 Å². The molecular weight excluding hydrogens is 470 g/mol. The first-order valence-corrected chi connectivity index (χ1v) is 13.7. The van der Waals surface area contributed by atoms with Gasteiger partial charge < -0.3 is 0 Å². The Hall–Kier alpha value is -2.46. The van der Waals surface area contributed by atoms with Crippen LogP contribution < -0.4 is 5.14 Å². The molecule has 0 saturated carbocycles. The number of H-pyrrole nitrogens is 1. The monoisotopic (exact) mass is 491 g/mol. The van der Waals surface area contributed by atoms with Crippen LogP contribution in [0.2, 0.25) is 5.02 Å². The fourth-order valence-electron chi connectivity index (χ4n) is 4.18. The quantitative estimate of drug-likeness (QED) is 0.548. The maximum atomic E-state index is 13.0. The number of nitrogens with two attached hydrogens (primary N) is 1. The molecule has 0 amide bonds. The number of aromatic nitrogens is 2. The van der Waals surface area contributed by atoms with E-state index in [1.165, 1.54) is 24.3 Å². The van der Waals surface area contributed by atoms with Gasteiger partial charge in [0.1, 0.15) is 10.00 Å². The Morgan fingerprint density at radius 2 is 1.78 bits per heavy atom. The van der Waals surface area contributed by atoms with E-state index in [1.54, 1.807) is 18.2 Å². The summed E-state index contributed by atoms with van der Waals surface area (Å²) in [4.78, 5) is 0. The summed E-state index contributed by atoms with van der Waals surface area (Å²) in [5.41, 5.74) is 2.89. The molecule has 1 heterocycles. The number of primary sulfonamides is 1. The van der Waals surface area contributed by atoms with Gasteiger partial charge in [0.15, 0.2) is 9.84 Å². The fraction of sp³-hybridized carbons (Fsp3) is 0.227. The molecule has 0 spiro atoms. The molecule has 1 aliphatic carbocycles. The molecule has 2 atom stereocenters. The van der Waals surface area contributed by atoms with Gasteiger partial charge in [0.25, 0.3) is 0 Å². The Labute approximate surface area is 191 Å². The Morgan fingerprint density at radius 1 is 1.06 bits per heavy atom. The summed E-state index contributed by atoms with van der Waals surface area (Å²) in [5, 5.41) is 12.7. The van der Waals surface area contributed by atoms with Crippen LogP contribution in [-0.4, -0.2) is 38.5 Å². The highest BCUT2D eigenvalue weighted by Gasteiger charge is 2.52. The molecule has 3 aromatic rings. The van der Waals surface area contributed by atoms with Crippen LogP contribution in [0.3, 0.4) is 0 Å². The first kappa shape index (κ1) is 22.7. The summed E-state index contributed by atoms with van der Waals surface area (Å²) in [6.45, 7) is 0. The van der Waals surface area contributed by atoms with Crippen molar-refractivity contribution >= 4 is 42.4 Å². The number of halogens is 1. The van der Waals surface area contributed by atoms with E-state index in [0.29, 0.717) is 22.5 Å². The van der Waals surface area contributed by atoms with Crippen LogP contribution >= 0.6 is 11.6 Å². The van der Waals surface area contributed by atoms with Crippen molar-refractivity contribution in [3.05, 3.63) is 88.6 Å². The summed E-state index contributed by atoms with van der Waals surface area (Å²) in [6.07, 6.45) is 8.11. The van der Waals surface area contributed by atoms with Gasteiger partial charge in [0.2, 0.25) is 10.0 Å². The van der Waals surface area contributed by atoms with E-state index in [1.807, 2.05) is 24.3 Å². The number of aromatic amines is 1. The van der Waals surface area contributed by atoms with E-state index in [0.717, 1.165) is 29.3 Å². The molecule has 0 aliphatic heterocycles. The zero-order valence-corrected chi connectivity index (χ0v) is 19.6.